The number of aliphatic imine (C=N–C) groups is 1. The molecule has 0 spiro atoms. The Bertz CT molecular complexity index is 1120. The van der Waals surface area contributed by atoms with E-state index in [4.69, 9.17) is 22.3 Å². The molecule has 6 nitrogen and oxygen atoms in total. The first-order valence-corrected chi connectivity index (χ1v) is 11.2. The maximum absolute atomic E-state index is 13.7. The SMILES string of the molecule is Cc1cc(NC2C3N4CCN(C(=O)CN)C(C)(C)C4=NC23c2ccc(F)cc2)ccc1Cl. The Hall–Kier alpha value is -2.64. The van der Waals surface area contributed by atoms with E-state index in [1.165, 1.54) is 12.1 Å². The largest absolute Gasteiger partial charge is 0.377 e. The molecular formula is C24H27ClFN5O. The van der Waals surface area contributed by atoms with E-state index in [0.29, 0.717) is 13.1 Å². The van der Waals surface area contributed by atoms with Crippen LogP contribution < -0.4 is 11.1 Å². The molecule has 1 aliphatic carbocycles. The van der Waals surface area contributed by atoms with Crippen molar-refractivity contribution in [3.8, 4) is 0 Å². The average molecular weight is 456 g/mol. The summed E-state index contributed by atoms with van der Waals surface area (Å²) >= 11 is 6.21. The molecule has 2 aromatic rings. The number of rotatable bonds is 4. The number of nitrogens with zero attached hydrogens (tertiary/aromatic N) is 3. The minimum absolute atomic E-state index is 0.0184. The number of hydrogen-bond donors (Lipinski definition) is 2. The second-order valence-electron chi connectivity index (χ2n) is 9.30. The molecule has 8 heteroatoms. The summed E-state index contributed by atoms with van der Waals surface area (Å²) in [7, 11) is 0. The first-order valence-electron chi connectivity index (χ1n) is 10.9. The summed E-state index contributed by atoms with van der Waals surface area (Å²) in [5.74, 6) is 0.522. The monoisotopic (exact) mass is 455 g/mol. The molecule has 1 amide bonds. The number of halogens is 2. The van der Waals surface area contributed by atoms with Crippen molar-refractivity contribution in [3.63, 3.8) is 0 Å². The fourth-order valence-electron chi connectivity index (χ4n) is 5.40. The number of carbonyl (C=O) groups is 1. The molecule has 5 rings (SSSR count). The van der Waals surface area contributed by atoms with E-state index in [-0.39, 0.29) is 30.4 Å². The third kappa shape index (κ3) is 2.94. The van der Waals surface area contributed by atoms with Crippen LogP contribution in [0.15, 0.2) is 47.5 Å². The molecule has 3 unspecified atom stereocenters. The molecule has 2 fully saturated rings. The van der Waals surface area contributed by atoms with Gasteiger partial charge in [-0.2, -0.15) is 0 Å². The van der Waals surface area contributed by atoms with Gasteiger partial charge in [0.05, 0.1) is 24.2 Å². The number of benzene rings is 2. The Kier molecular flexibility index (Phi) is 4.76. The van der Waals surface area contributed by atoms with Crippen LogP contribution in [-0.4, -0.2) is 58.8 Å². The van der Waals surface area contributed by atoms with E-state index >= 15 is 0 Å². The number of carbonyl (C=O) groups excluding carboxylic acids is 1. The molecule has 3 aliphatic rings. The van der Waals surface area contributed by atoms with Gasteiger partial charge < -0.3 is 20.9 Å². The van der Waals surface area contributed by atoms with Crippen LogP contribution in [0.5, 0.6) is 0 Å². The van der Waals surface area contributed by atoms with Crippen LogP contribution in [-0.2, 0) is 10.3 Å². The summed E-state index contributed by atoms with van der Waals surface area (Å²) in [5.41, 5.74) is 7.47. The van der Waals surface area contributed by atoms with Crippen molar-refractivity contribution in [2.24, 2.45) is 10.7 Å². The topological polar surface area (TPSA) is 74.0 Å². The minimum Gasteiger partial charge on any atom is -0.377 e. The van der Waals surface area contributed by atoms with Gasteiger partial charge in [-0.25, -0.2) is 4.39 Å². The highest BCUT2D eigenvalue weighted by Crippen LogP contribution is 2.59. The second-order valence-corrected chi connectivity index (χ2v) is 9.71. The predicted molar refractivity (Wildman–Crippen MR) is 124 cm³/mol. The lowest BCUT2D eigenvalue weighted by atomic mass is 9.96. The van der Waals surface area contributed by atoms with Gasteiger partial charge in [-0.3, -0.25) is 9.79 Å². The third-order valence-corrected chi connectivity index (χ3v) is 7.50. The Morgan fingerprint density at radius 1 is 1.25 bits per heavy atom. The predicted octanol–water partition coefficient (Wildman–Crippen LogP) is 3.14. The van der Waals surface area contributed by atoms with E-state index in [1.807, 2.05) is 56.0 Å². The van der Waals surface area contributed by atoms with E-state index in [0.717, 1.165) is 27.7 Å². The fraction of sp³-hybridized carbons (Fsp3) is 0.417. The molecule has 2 aliphatic heterocycles. The maximum Gasteiger partial charge on any atom is 0.237 e. The first kappa shape index (κ1) is 21.2. The van der Waals surface area contributed by atoms with Crippen LogP contribution in [0, 0.1) is 12.7 Å². The maximum atomic E-state index is 13.7. The van der Waals surface area contributed by atoms with Crippen LogP contribution in [0.4, 0.5) is 10.1 Å². The van der Waals surface area contributed by atoms with Crippen molar-refractivity contribution in [2.75, 3.05) is 25.0 Å². The molecule has 168 valence electrons. The van der Waals surface area contributed by atoms with Crippen molar-refractivity contribution in [1.82, 2.24) is 9.80 Å². The molecule has 3 N–H and O–H groups in total. The van der Waals surface area contributed by atoms with Crippen molar-refractivity contribution in [2.45, 2.75) is 43.9 Å². The molecule has 0 bridgehead atoms. The Balaban J connectivity index is 1.55. The smallest absolute Gasteiger partial charge is 0.237 e. The van der Waals surface area contributed by atoms with Gasteiger partial charge in [0.15, 0.2) is 0 Å². The third-order valence-electron chi connectivity index (χ3n) is 7.08. The van der Waals surface area contributed by atoms with Gasteiger partial charge in [-0.1, -0.05) is 23.7 Å². The summed E-state index contributed by atoms with van der Waals surface area (Å²) in [6.07, 6.45) is 0. The molecule has 2 heterocycles. The molecule has 32 heavy (non-hydrogen) atoms. The van der Waals surface area contributed by atoms with Gasteiger partial charge >= 0.3 is 0 Å². The normalized spacial score (nSPS) is 27.5. The molecule has 3 atom stereocenters. The Morgan fingerprint density at radius 3 is 2.62 bits per heavy atom. The van der Waals surface area contributed by atoms with Crippen LogP contribution in [0.2, 0.25) is 5.02 Å². The lowest BCUT2D eigenvalue weighted by molar-refractivity contribution is -0.134. The zero-order valence-electron chi connectivity index (χ0n) is 18.4. The summed E-state index contributed by atoms with van der Waals surface area (Å²) in [6.45, 7) is 7.25. The molecule has 0 radical (unpaired) electrons. The van der Waals surface area contributed by atoms with E-state index < -0.39 is 11.1 Å². The first-order chi connectivity index (χ1) is 15.2. The number of nitrogens with two attached hydrogens (primary N) is 1. The van der Waals surface area contributed by atoms with Crippen LogP contribution >= 0.6 is 11.6 Å². The molecule has 1 saturated heterocycles. The van der Waals surface area contributed by atoms with Gasteiger partial charge in [0.2, 0.25) is 5.91 Å². The van der Waals surface area contributed by atoms with Crippen molar-refractivity contribution >= 4 is 29.0 Å². The highest BCUT2D eigenvalue weighted by atomic mass is 35.5. The van der Waals surface area contributed by atoms with Gasteiger partial charge in [-0.15, -0.1) is 0 Å². The number of hydrogen-bond acceptors (Lipinski definition) is 5. The zero-order chi connectivity index (χ0) is 22.8. The fourth-order valence-corrected chi connectivity index (χ4v) is 5.52. The van der Waals surface area contributed by atoms with Crippen molar-refractivity contribution < 1.29 is 9.18 Å². The molecular weight excluding hydrogens is 429 g/mol. The zero-order valence-corrected chi connectivity index (χ0v) is 19.2. The number of anilines is 1. The van der Waals surface area contributed by atoms with E-state index in [1.54, 1.807) is 0 Å². The molecule has 1 saturated carbocycles. The molecule has 0 aromatic heterocycles. The van der Waals surface area contributed by atoms with E-state index in [9.17, 15) is 9.18 Å². The second kappa shape index (κ2) is 7.18. The van der Waals surface area contributed by atoms with E-state index in [2.05, 4.69) is 10.2 Å². The number of nitrogens with one attached hydrogen (secondary N) is 1. The minimum atomic E-state index is -0.573. The van der Waals surface area contributed by atoms with Gasteiger partial charge in [0.1, 0.15) is 17.2 Å². The quantitative estimate of drug-likeness (QED) is 0.742. The highest BCUT2D eigenvalue weighted by molar-refractivity contribution is 6.31. The summed E-state index contributed by atoms with van der Waals surface area (Å²) in [4.78, 5) is 21.9. The van der Waals surface area contributed by atoms with Crippen molar-refractivity contribution in [3.05, 3.63) is 64.4 Å². The molecule has 2 aromatic carbocycles. The lowest BCUT2D eigenvalue weighted by Gasteiger charge is -2.47. The summed E-state index contributed by atoms with van der Waals surface area (Å²) < 4.78 is 13.7. The Morgan fingerprint density at radius 2 is 1.97 bits per heavy atom. The van der Waals surface area contributed by atoms with Gasteiger partial charge in [0.25, 0.3) is 0 Å². The number of piperazine rings is 1. The standard InChI is InChI=1S/C24H27ClFN5O/c1-14-12-17(8-9-18(14)25)28-20-21-24(20,15-4-6-16(26)7-5-15)29-22-23(2,3)31(19(32)13-27)11-10-30(21)22/h4-9,12,20-21,28H,10-11,13,27H2,1-3H3. The Labute approximate surface area is 192 Å². The van der Waals surface area contributed by atoms with Gasteiger partial charge in [0, 0.05) is 23.8 Å². The van der Waals surface area contributed by atoms with Crippen molar-refractivity contribution in [1.29, 1.82) is 0 Å². The average Bonchev–Trinajstić information content (AvgIpc) is 3.22. The highest BCUT2D eigenvalue weighted by Gasteiger charge is 2.74. The lowest BCUT2D eigenvalue weighted by Crippen LogP contribution is -2.65. The van der Waals surface area contributed by atoms with Crippen LogP contribution in [0.3, 0.4) is 0 Å². The van der Waals surface area contributed by atoms with Gasteiger partial charge in [-0.05, 0) is 62.2 Å². The number of fused-ring (bicyclic) bond motifs is 3. The number of amides is 1. The van der Waals surface area contributed by atoms with Crippen LogP contribution in [0.25, 0.3) is 0 Å². The summed E-state index contributed by atoms with van der Waals surface area (Å²) in [6, 6.07) is 12.6. The number of aryl methyl sites for hydroxylation is 1. The summed E-state index contributed by atoms with van der Waals surface area (Å²) in [5, 5.41) is 4.37. The van der Waals surface area contributed by atoms with Crippen LogP contribution in [0.1, 0.15) is 25.0 Å². The number of amidine groups is 1.